The van der Waals surface area contributed by atoms with Crippen LogP contribution >= 0.6 is 0 Å². The second kappa shape index (κ2) is 10.6. The zero-order valence-corrected chi connectivity index (χ0v) is 18.3. The first-order valence-corrected chi connectivity index (χ1v) is 11.0. The van der Waals surface area contributed by atoms with Gasteiger partial charge in [0, 0.05) is 57.2 Å². The summed E-state index contributed by atoms with van der Waals surface area (Å²) in [6, 6.07) is 16.3. The van der Waals surface area contributed by atoms with Crippen molar-refractivity contribution in [1.29, 1.82) is 0 Å². The zero-order chi connectivity index (χ0) is 21.5. The van der Waals surface area contributed by atoms with Gasteiger partial charge in [-0.05, 0) is 42.0 Å². The number of hydrogen-bond donors (Lipinski definition) is 1. The van der Waals surface area contributed by atoms with Crippen LogP contribution in [0.3, 0.4) is 0 Å². The predicted octanol–water partition coefficient (Wildman–Crippen LogP) is 2.29. The highest BCUT2D eigenvalue weighted by Gasteiger charge is 2.19. The Hall–Kier alpha value is -2.61. The number of nitrogens with zero attached hydrogens (tertiary/aromatic N) is 3. The van der Waals surface area contributed by atoms with Crippen LogP contribution in [-0.4, -0.2) is 81.8 Å². The van der Waals surface area contributed by atoms with Gasteiger partial charge >= 0.3 is 0 Å². The summed E-state index contributed by atoms with van der Waals surface area (Å²) in [6.07, 6.45) is 0. The van der Waals surface area contributed by atoms with Gasteiger partial charge in [-0.2, -0.15) is 0 Å². The standard InChI is InChI=1S/C24H32N4O3/c1-30-23-8-2-20(3-9-23)18-26-10-12-27(13-11-26)19-24(29)25-21-4-6-22(7-5-21)28-14-16-31-17-15-28/h2-9H,10-19H2,1H3,(H,25,29). The van der Waals surface area contributed by atoms with E-state index in [1.807, 2.05) is 24.3 Å². The Morgan fingerprint density at radius 3 is 2.19 bits per heavy atom. The monoisotopic (exact) mass is 424 g/mol. The van der Waals surface area contributed by atoms with Gasteiger partial charge in [0.15, 0.2) is 0 Å². The molecule has 2 fully saturated rings. The second-order valence-corrected chi connectivity index (χ2v) is 8.09. The van der Waals surface area contributed by atoms with Crippen LogP contribution in [0, 0.1) is 0 Å². The summed E-state index contributed by atoms with van der Waals surface area (Å²) in [5.74, 6) is 0.929. The summed E-state index contributed by atoms with van der Waals surface area (Å²) in [6.45, 7) is 8.46. The fourth-order valence-electron chi connectivity index (χ4n) is 4.08. The number of anilines is 2. The van der Waals surface area contributed by atoms with Crippen molar-refractivity contribution in [1.82, 2.24) is 9.80 Å². The number of amides is 1. The summed E-state index contributed by atoms with van der Waals surface area (Å²) in [5.41, 5.74) is 3.31. The van der Waals surface area contributed by atoms with Crippen LogP contribution in [0.2, 0.25) is 0 Å². The number of hydrogen-bond acceptors (Lipinski definition) is 6. The highest BCUT2D eigenvalue weighted by molar-refractivity contribution is 5.92. The average Bonchev–Trinajstić information content (AvgIpc) is 2.82. The molecule has 1 amide bonds. The first-order chi connectivity index (χ1) is 15.2. The van der Waals surface area contributed by atoms with E-state index >= 15 is 0 Å². The van der Waals surface area contributed by atoms with E-state index in [9.17, 15) is 4.79 Å². The molecule has 7 nitrogen and oxygen atoms in total. The molecular formula is C24H32N4O3. The highest BCUT2D eigenvalue weighted by Crippen LogP contribution is 2.19. The van der Waals surface area contributed by atoms with Crippen molar-refractivity contribution >= 4 is 17.3 Å². The van der Waals surface area contributed by atoms with Gasteiger partial charge < -0.3 is 19.7 Å². The van der Waals surface area contributed by atoms with Crippen molar-refractivity contribution in [3.05, 3.63) is 54.1 Å². The summed E-state index contributed by atoms with van der Waals surface area (Å²) in [7, 11) is 1.69. The molecule has 2 saturated heterocycles. The van der Waals surface area contributed by atoms with Crippen LogP contribution in [0.25, 0.3) is 0 Å². The van der Waals surface area contributed by atoms with Crippen molar-refractivity contribution < 1.29 is 14.3 Å². The lowest BCUT2D eigenvalue weighted by Gasteiger charge is -2.34. The number of piperazine rings is 1. The minimum Gasteiger partial charge on any atom is -0.497 e. The molecule has 2 aromatic rings. The Morgan fingerprint density at radius 2 is 1.55 bits per heavy atom. The minimum atomic E-state index is 0.0442. The van der Waals surface area contributed by atoms with Crippen LogP contribution in [0.4, 0.5) is 11.4 Å². The third-order valence-corrected chi connectivity index (χ3v) is 5.92. The lowest BCUT2D eigenvalue weighted by molar-refractivity contribution is -0.117. The molecule has 0 aromatic heterocycles. The molecular weight excluding hydrogens is 392 g/mol. The summed E-state index contributed by atoms with van der Waals surface area (Å²) in [4.78, 5) is 19.5. The quantitative estimate of drug-likeness (QED) is 0.736. The summed E-state index contributed by atoms with van der Waals surface area (Å²) < 4.78 is 10.6. The fourth-order valence-corrected chi connectivity index (χ4v) is 4.08. The lowest BCUT2D eigenvalue weighted by atomic mass is 10.2. The van der Waals surface area contributed by atoms with Gasteiger partial charge in [-0.25, -0.2) is 0 Å². The van der Waals surface area contributed by atoms with E-state index in [0.29, 0.717) is 6.54 Å². The Labute approximate surface area is 184 Å². The maximum Gasteiger partial charge on any atom is 0.238 e. The Morgan fingerprint density at radius 1 is 0.903 bits per heavy atom. The van der Waals surface area contributed by atoms with Gasteiger partial charge in [0.2, 0.25) is 5.91 Å². The van der Waals surface area contributed by atoms with E-state index < -0.39 is 0 Å². The number of nitrogens with one attached hydrogen (secondary N) is 1. The molecule has 0 saturated carbocycles. The van der Waals surface area contributed by atoms with Gasteiger partial charge in [-0.15, -0.1) is 0 Å². The molecule has 1 N–H and O–H groups in total. The van der Waals surface area contributed by atoms with Gasteiger partial charge in [0.1, 0.15) is 5.75 Å². The number of morpholine rings is 1. The predicted molar refractivity (Wildman–Crippen MR) is 123 cm³/mol. The number of methoxy groups -OCH3 is 1. The van der Waals surface area contributed by atoms with Gasteiger partial charge in [-0.3, -0.25) is 14.6 Å². The number of ether oxygens (including phenoxy) is 2. The van der Waals surface area contributed by atoms with Crippen LogP contribution in [0.5, 0.6) is 5.75 Å². The topological polar surface area (TPSA) is 57.3 Å². The first-order valence-electron chi connectivity index (χ1n) is 11.0. The molecule has 0 radical (unpaired) electrons. The van der Waals surface area contributed by atoms with Crippen molar-refractivity contribution in [2.24, 2.45) is 0 Å². The molecule has 2 aliphatic heterocycles. The molecule has 0 spiro atoms. The number of benzene rings is 2. The molecule has 0 bridgehead atoms. The molecule has 7 heteroatoms. The van der Waals surface area contributed by atoms with Crippen molar-refractivity contribution in [3.8, 4) is 5.75 Å². The maximum absolute atomic E-state index is 12.5. The molecule has 0 atom stereocenters. The Bertz CT molecular complexity index is 827. The van der Waals surface area contributed by atoms with E-state index in [1.165, 1.54) is 11.3 Å². The average molecular weight is 425 g/mol. The van der Waals surface area contributed by atoms with Gasteiger partial charge in [0.05, 0.1) is 26.9 Å². The van der Waals surface area contributed by atoms with Crippen LogP contribution in [0.15, 0.2) is 48.5 Å². The minimum absolute atomic E-state index is 0.0442. The highest BCUT2D eigenvalue weighted by atomic mass is 16.5. The smallest absolute Gasteiger partial charge is 0.238 e. The van der Waals surface area contributed by atoms with Crippen molar-refractivity contribution in [2.45, 2.75) is 6.54 Å². The van der Waals surface area contributed by atoms with Crippen LogP contribution < -0.4 is 15.0 Å². The molecule has 2 aromatic carbocycles. The van der Waals surface area contributed by atoms with E-state index in [2.05, 4.69) is 44.3 Å². The fraction of sp³-hybridized carbons (Fsp3) is 0.458. The molecule has 31 heavy (non-hydrogen) atoms. The van der Waals surface area contributed by atoms with E-state index in [0.717, 1.165) is 70.5 Å². The molecule has 2 heterocycles. The molecule has 4 rings (SSSR count). The third kappa shape index (κ3) is 6.19. The molecule has 0 unspecified atom stereocenters. The number of carbonyl (C=O) groups is 1. The largest absolute Gasteiger partial charge is 0.497 e. The van der Waals surface area contributed by atoms with E-state index in [-0.39, 0.29) is 5.91 Å². The van der Waals surface area contributed by atoms with Crippen molar-refractivity contribution in [2.75, 3.05) is 76.4 Å². The van der Waals surface area contributed by atoms with Gasteiger partial charge in [0.25, 0.3) is 0 Å². The molecule has 166 valence electrons. The summed E-state index contributed by atoms with van der Waals surface area (Å²) in [5, 5.41) is 3.03. The summed E-state index contributed by atoms with van der Waals surface area (Å²) >= 11 is 0. The normalized spacial score (nSPS) is 18.0. The number of carbonyl (C=O) groups excluding carboxylic acids is 1. The zero-order valence-electron chi connectivity index (χ0n) is 18.3. The van der Waals surface area contributed by atoms with Gasteiger partial charge in [-0.1, -0.05) is 12.1 Å². The Kier molecular flexibility index (Phi) is 7.40. The first kappa shape index (κ1) is 21.6. The van der Waals surface area contributed by atoms with E-state index in [1.54, 1.807) is 7.11 Å². The van der Waals surface area contributed by atoms with Crippen molar-refractivity contribution in [3.63, 3.8) is 0 Å². The Balaban J connectivity index is 1.19. The maximum atomic E-state index is 12.5. The SMILES string of the molecule is COc1ccc(CN2CCN(CC(=O)Nc3ccc(N4CCOCC4)cc3)CC2)cc1. The second-order valence-electron chi connectivity index (χ2n) is 8.09. The molecule has 0 aliphatic carbocycles. The van der Waals surface area contributed by atoms with E-state index in [4.69, 9.17) is 9.47 Å². The third-order valence-electron chi connectivity index (χ3n) is 5.92. The van der Waals surface area contributed by atoms with Crippen LogP contribution in [0.1, 0.15) is 5.56 Å². The van der Waals surface area contributed by atoms with Crippen LogP contribution in [-0.2, 0) is 16.1 Å². The molecule has 2 aliphatic rings. The lowest BCUT2D eigenvalue weighted by Crippen LogP contribution is -2.48. The number of rotatable bonds is 7.